The van der Waals surface area contributed by atoms with Crippen LogP contribution in [0.2, 0.25) is 0 Å². The van der Waals surface area contributed by atoms with Crippen LogP contribution in [0.1, 0.15) is 29.2 Å². The van der Waals surface area contributed by atoms with E-state index < -0.39 is 12.0 Å². The molecule has 3 aromatic heterocycles. The lowest BCUT2D eigenvalue weighted by Gasteiger charge is -2.10. The van der Waals surface area contributed by atoms with Gasteiger partial charge in [0.15, 0.2) is 0 Å². The van der Waals surface area contributed by atoms with Crippen LogP contribution in [0, 0.1) is 13.8 Å². The van der Waals surface area contributed by atoms with E-state index in [1.165, 1.54) is 6.33 Å². The number of rotatable bonds is 4. The molecule has 132 valence electrons. The van der Waals surface area contributed by atoms with Gasteiger partial charge in [-0.05, 0) is 25.8 Å². The summed E-state index contributed by atoms with van der Waals surface area (Å²) in [4.78, 5) is 23.1. The quantitative estimate of drug-likeness (QED) is 0.733. The standard InChI is InChI=1S/C13H13F3N8O/c1-6-8(3-4-9(25)20-11-17-5-18-22-11)7(2)24-12(19-6)21-10(23-24)13(14,15)16/h5H,3-4H2,1-2H3,(H2,17,18,20,22,25). The van der Waals surface area contributed by atoms with Gasteiger partial charge in [0.05, 0.1) is 0 Å². The molecule has 0 unspecified atom stereocenters. The van der Waals surface area contributed by atoms with Gasteiger partial charge in [0.2, 0.25) is 11.9 Å². The van der Waals surface area contributed by atoms with Crippen molar-refractivity contribution in [2.75, 3.05) is 5.32 Å². The van der Waals surface area contributed by atoms with E-state index in [0.717, 1.165) is 4.52 Å². The van der Waals surface area contributed by atoms with Gasteiger partial charge in [-0.2, -0.15) is 28.2 Å². The molecule has 0 aliphatic rings. The molecule has 0 atom stereocenters. The van der Waals surface area contributed by atoms with Gasteiger partial charge in [0, 0.05) is 17.8 Å². The van der Waals surface area contributed by atoms with Crippen molar-refractivity contribution in [3.8, 4) is 0 Å². The number of hydrogen-bond acceptors (Lipinski definition) is 6. The molecule has 0 bridgehead atoms. The molecule has 3 aromatic rings. The number of aromatic amines is 1. The zero-order chi connectivity index (χ0) is 18.2. The van der Waals surface area contributed by atoms with E-state index in [1.54, 1.807) is 13.8 Å². The predicted molar refractivity (Wildman–Crippen MR) is 78.6 cm³/mol. The van der Waals surface area contributed by atoms with Gasteiger partial charge >= 0.3 is 6.18 Å². The number of alkyl halides is 3. The van der Waals surface area contributed by atoms with Crippen molar-refractivity contribution in [3.63, 3.8) is 0 Å². The van der Waals surface area contributed by atoms with Gasteiger partial charge in [0.1, 0.15) is 6.33 Å². The predicted octanol–water partition coefficient (Wildman–Crippen LogP) is 1.45. The number of fused-ring (bicyclic) bond motifs is 1. The molecule has 12 heteroatoms. The Morgan fingerprint density at radius 2 is 2.08 bits per heavy atom. The number of aryl methyl sites for hydroxylation is 2. The molecule has 0 aromatic carbocycles. The Bertz CT molecular complexity index is 916. The number of hydrogen-bond donors (Lipinski definition) is 2. The first kappa shape index (κ1) is 16.8. The maximum atomic E-state index is 12.8. The number of carbonyl (C=O) groups is 1. The highest BCUT2D eigenvalue weighted by molar-refractivity contribution is 5.88. The molecule has 0 radical (unpaired) electrons. The summed E-state index contributed by atoms with van der Waals surface area (Å²) in [6, 6.07) is 0. The summed E-state index contributed by atoms with van der Waals surface area (Å²) in [6.45, 7) is 3.26. The van der Waals surface area contributed by atoms with Gasteiger partial charge in [-0.1, -0.05) is 0 Å². The molecule has 25 heavy (non-hydrogen) atoms. The lowest BCUT2D eigenvalue weighted by Crippen LogP contribution is -2.15. The number of amides is 1. The highest BCUT2D eigenvalue weighted by Gasteiger charge is 2.36. The van der Waals surface area contributed by atoms with Crippen molar-refractivity contribution in [1.82, 2.24) is 34.8 Å². The largest absolute Gasteiger partial charge is 0.453 e. The third-order valence-corrected chi connectivity index (χ3v) is 3.58. The Morgan fingerprint density at radius 3 is 2.72 bits per heavy atom. The van der Waals surface area contributed by atoms with Crippen molar-refractivity contribution >= 4 is 17.6 Å². The molecule has 0 aliphatic heterocycles. The van der Waals surface area contributed by atoms with E-state index in [1.807, 2.05) is 0 Å². The van der Waals surface area contributed by atoms with Crippen LogP contribution in [-0.2, 0) is 17.4 Å². The molecule has 0 saturated heterocycles. The van der Waals surface area contributed by atoms with E-state index >= 15 is 0 Å². The van der Waals surface area contributed by atoms with Gasteiger partial charge in [0.25, 0.3) is 11.6 Å². The normalized spacial score (nSPS) is 11.9. The maximum absolute atomic E-state index is 12.8. The first-order valence-electron chi connectivity index (χ1n) is 7.21. The Hall–Kier alpha value is -3.05. The molecule has 0 aliphatic carbocycles. The second-order valence-corrected chi connectivity index (χ2v) is 5.29. The minimum absolute atomic E-state index is 0.0936. The van der Waals surface area contributed by atoms with Crippen molar-refractivity contribution < 1.29 is 18.0 Å². The van der Waals surface area contributed by atoms with Crippen LogP contribution in [0.25, 0.3) is 5.78 Å². The smallest absolute Gasteiger partial charge is 0.295 e. The minimum Gasteiger partial charge on any atom is -0.295 e. The van der Waals surface area contributed by atoms with Gasteiger partial charge in [-0.15, -0.1) is 5.10 Å². The fourth-order valence-corrected chi connectivity index (χ4v) is 2.39. The fraction of sp³-hybridized carbons (Fsp3) is 0.385. The Morgan fingerprint density at radius 1 is 1.32 bits per heavy atom. The molecule has 9 nitrogen and oxygen atoms in total. The van der Waals surface area contributed by atoms with Gasteiger partial charge < -0.3 is 0 Å². The van der Waals surface area contributed by atoms with Crippen molar-refractivity contribution in [2.45, 2.75) is 32.9 Å². The third-order valence-electron chi connectivity index (χ3n) is 3.58. The lowest BCUT2D eigenvalue weighted by atomic mass is 10.1. The first-order valence-corrected chi connectivity index (χ1v) is 7.21. The molecule has 3 rings (SSSR count). The summed E-state index contributed by atoms with van der Waals surface area (Å²) in [5, 5.41) is 12.1. The molecular weight excluding hydrogens is 341 g/mol. The third kappa shape index (κ3) is 3.41. The Kier molecular flexibility index (Phi) is 4.10. The zero-order valence-corrected chi connectivity index (χ0v) is 13.2. The second-order valence-electron chi connectivity index (χ2n) is 5.29. The highest BCUT2D eigenvalue weighted by atomic mass is 19.4. The van der Waals surface area contributed by atoms with Crippen molar-refractivity contribution in [2.24, 2.45) is 0 Å². The van der Waals surface area contributed by atoms with Crippen LogP contribution in [0.5, 0.6) is 0 Å². The number of nitrogens with one attached hydrogen (secondary N) is 2. The van der Waals surface area contributed by atoms with Crippen LogP contribution in [-0.4, -0.2) is 40.7 Å². The fourth-order valence-electron chi connectivity index (χ4n) is 2.39. The molecule has 0 fully saturated rings. The minimum atomic E-state index is -4.65. The Labute approximate surface area is 138 Å². The second kappa shape index (κ2) is 6.11. The number of nitrogens with zero attached hydrogens (tertiary/aromatic N) is 6. The first-order chi connectivity index (χ1) is 11.8. The summed E-state index contributed by atoms with van der Waals surface area (Å²) in [7, 11) is 0. The lowest BCUT2D eigenvalue weighted by molar-refractivity contribution is -0.144. The van der Waals surface area contributed by atoms with Crippen molar-refractivity contribution in [3.05, 3.63) is 29.1 Å². The number of halogens is 3. The SMILES string of the molecule is Cc1nc2nc(C(F)(F)F)nn2c(C)c1CCC(=O)Nc1ncn[nH]1. The molecule has 2 N–H and O–H groups in total. The topological polar surface area (TPSA) is 114 Å². The van der Waals surface area contributed by atoms with Crippen LogP contribution in [0.15, 0.2) is 6.33 Å². The molecule has 3 heterocycles. The number of carbonyl (C=O) groups excluding carboxylic acids is 1. The summed E-state index contributed by atoms with van der Waals surface area (Å²) < 4.78 is 39.3. The summed E-state index contributed by atoms with van der Waals surface area (Å²) >= 11 is 0. The number of H-pyrrole nitrogens is 1. The zero-order valence-electron chi connectivity index (χ0n) is 13.2. The molecule has 1 amide bonds. The van der Waals surface area contributed by atoms with Crippen LogP contribution in [0.3, 0.4) is 0 Å². The van der Waals surface area contributed by atoms with E-state index in [-0.39, 0.29) is 30.5 Å². The van der Waals surface area contributed by atoms with Crippen LogP contribution >= 0.6 is 0 Å². The highest BCUT2D eigenvalue weighted by Crippen LogP contribution is 2.27. The van der Waals surface area contributed by atoms with Crippen LogP contribution in [0.4, 0.5) is 19.1 Å². The van der Waals surface area contributed by atoms with Crippen LogP contribution < -0.4 is 5.32 Å². The van der Waals surface area contributed by atoms with E-state index in [9.17, 15) is 18.0 Å². The monoisotopic (exact) mass is 354 g/mol. The summed E-state index contributed by atoms with van der Waals surface area (Å²) in [5.74, 6) is -1.47. The molecule has 0 spiro atoms. The average Bonchev–Trinajstić information content (AvgIpc) is 3.15. The van der Waals surface area contributed by atoms with Crippen molar-refractivity contribution in [1.29, 1.82) is 0 Å². The van der Waals surface area contributed by atoms with E-state index in [4.69, 9.17) is 0 Å². The molecular formula is C13H13F3N8O. The molecule has 0 saturated carbocycles. The van der Waals surface area contributed by atoms with E-state index in [2.05, 4.69) is 35.6 Å². The van der Waals surface area contributed by atoms with Gasteiger partial charge in [-0.3, -0.25) is 10.1 Å². The van der Waals surface area contributed by atoms with Gasteiger partial charge in [-0.25, -0.2) is 14.6 Å². The average molecular weight is 354 g/mol. The van der Waals surface area contributed by atoms with E-state index in [0.29, 0.717) is 17.0 Å². The number of anilines is 1. The maximum Gasteiger partial charge on any atom is 0.453 e. The Balaban J connectivity index is 1.82. The summed E-state index contributed by atoms with van der Waals surface area (Å²) in [5.41, 5.74) is 1.59. The number of aromatic nitrogens is 7. The summed E-state index contributed by atoms with van der Waals surface area (Å²) in [6.07, 6.45) is -3.02.